The summed E-state index contributed by atoms with van der Waals surface area (Å²) in [5.74, 6) is 0.409. The minimum atomic E-state index is -0.677. The van der Waals surface area contributed by atoms with Gasteiger partial charge in [-0.05, 0) is 75.3 Å². The van der Waals surface area contributed by atoms with E-state index in [1.807, 2.05) is 7.05 Å². The molecule has 10 atom stereocenters. The number of hydrogen-bond donors (Lipinski definition) is 1. The third-order valence-corrected chi connectivity index (χ3v) is 12.3. The van der Waals surface area contributed by atoms with E-state index in [2.05, 4.69) is 58.7 Å². The molecule has 4 aliphatic rings. The average Bonchev–Trinajstić information content (AvgIpc) is 3.26. The summed E-state index contributed by atoms with van der Waals surface area (Å²) in [4.78, 5) is 43.1. The molecule has 1 N–H and O–H groups in total. The summed E-state index contributed by atoms with van der Waals surface area (Å²) in [6.07, 6.45) is 4.11. The summed E-state index contributed by atoms with van der Waals surface area (Å²) in [5, 5.41) is 2.61. The highest BCUT2D eigenvalue weighted by Crippen LogP contribution is 2.69. The Morgan fingerprint density at radius 3 is 2.37 bits per heavy atom. The van der Waals surface area contributed by atoms with E-state index in [0.29, 0.717) is 13.0 Å². The zero-order valence-corrected chi connectivity index (χ0v) is 25.3. The number of rotatable bonds is 4. The Hall–Kier alpha value is -1.47. The number of Topliss-reactive ketones (excluding diaryl/α,β-unsaturated/α-hetero) is 1. The maximum atomic E-state index is 14.3. The molecule has 4 rings (SSSR count). The lowest BCUT2D eigenvalue weighted by molar-refractivity contribution is -0.194. The maximum Gasteiger partial charge on any atom is 0.414 e. The van der Waals surface area contributed by atoms with E-state index in [4.69, 9.17) is 9.47 Å². The number of ketones is 1. The van der Waals surface area contributed by atoms with Crippen LogP contribution in [0.1, 0.15) is 87.0 Å². The molecule has 2 unspecified atom stereocenters. The van der Waals surface area contributed by atoms with E-state index >= 15 is 0 Å². The Morgan fingerprint density at radius 2 is 1.74 bits per heavy atom. The number of carbonyl (C=O) groups excluding carboxylic acids is 3. The summed E-state index contributed by atoms with van der Waals surface area (Å²) in [5.41, 5.74) is -1.17. The summed E-state index contributed by atoms with van der Waals surface area (Å²) in [6, 6.07) is 0. The average molecular weight is 533 g/mol. The normalized spacial score (nSPS) is 45.7. The molecule has 7 nitrogen and oxygen atoms in total. The van der Waals surface area contributed by atoms with Crippen molar-refractivity contribution >= 4 is 17.8 Å². The molecule has 2 bridgehead atoms. The van der Waals surface area contributed by atoms with Gasteiger partial charge in [-0.25, -0.2) is 4.79 Å². The molecule has 216 valence electrons. The Labute approximate surface area is 230 Å². The number of imide groups is 1. The number of methoxy groups -OCH3 is 1. The van der Waals surface area contributed by atoms with Gasteiger partial charge in [0.15, 0.2) is 0 Å². The first-order chi connectivity index (χ1) is 17.7. The van der Waals surface area contributed by atoms with Crippen LogP contribution in [0.2, 0.25) is 0 Å². The van der Waals surface area contributed by atoms with Crippen molar-refractivity contribution in [2.24, 2.45) is 51.8 Å². The molecule has 4 fully saturated rings. The van der Waals surface area contributed by atoms with Crippen LogP contribution in [0, 0.1) is 51.8 Å². The van der Waals surface area contributed by atoms with Crippen LogP contribution in [0.3, 0.4) is 0 Å². The molecular weight excluding hydrogens is 480 g/mol. The predicted molar refractivity (Wildman–Crippen MR) is 147 cm³/mol. The number of likely N-dealkylation sites (tertiary alicyclic amines) is 1. The largest absolute Gasteiger partial charge is 0.445 e. The van der Waals surface area contributed by atoms with Crippen LogP contribution in [0.5, 0.6) is 0 Å². The van der Waals surface area contributed by atoms with E-state index in [1.54, 1.807) is 7.11 Å². The van der Waals surface area contributed by atoms with Crippen molar-refractivity contribution in [1.29, 1.82) is 0 Å². The minimum Gasteiger partial charge on any atom is -0.445 e. The van der Waals surface area contributed by atoms with Gasteiger partial charge in [0.1, 0.15) is 11.9 Å². The van der Waals surface area contributed by atoms with Crippen LogP contribution in [-0.4, -0.2) is 62.1 Å². The van der Waals surface area contributed by atoms with Gasteiger partial charge in [0, 0.05) is 36.3 Å². The van der Waals surface area contributed by atoms with Crippen LogP contribution in [-0.2, 0) is 19.1 Å². The molecule has 0 aromatic rings. The highest BCUT2D eigenvalue weighted by Gasteiger charge is 2.69. The molecule has 0 aromatic heterocycles. The number of ether oxygens (including phenoxy) is 2. The molecule has 0 radical (unpaired) electrons. The van der Waals surface area contributed by atoms with Crippen molar-refractivity contribution in [3.05, 3.63) is 0 Å². The smallest absolute Gasteiger partial charge is 0.414 e. The third-order valence-electron chi connectivity index (χ3n) is 12.3. The fourth-order valence-electron chi connectivity index (χ4n) is 9.06. The number of nitrogens with one attached hydrogen (secondary N) is 1. The number of nitrogens with zero attached hydrogens (tertiary/aromatic N) is 1. The molecule has 0 aromatic carbocycles. The lowest BCUT2D eigenvalue weighted by atomic mass is 9.43. The van der Waals surface area contributed by atoms with E-state index in [9.17, 15) is 14.4 Å². The van der Waals surface area contributed by atoms with Gasteiger partial charge in [-0.1, -0.05) is 48.5 Å². The predicted octanol–water partition coefficient (Wildman–Crippen LogP) is 5.31. The number of hydrogen-bond acceptors (Lipinski definition) is 6. The lowest BCUT2D eigenvalue weighted by Crippen LogP contribution is -2.64. The first-order valence-corrected chi connectivity index (χ1v) is 15.0. The molecule has 2 amide bonds. The summed E-state index contributed by atoms with van der Waals surface area (Å²) in [6.45, 7) is 16.7. The van der Waals surface area contributed by atoms with Gasteiger partial charge in [-0.3, -0.25) is 14.9 Å². The summed E-state index contributed by atoms with van der Waals surface area (Å²) >= 11 is 0. The topological polar surface area (TPSA) is 84.9 Å². The fourth-order valence-corrected chi connectivity index (χ4v) is 9.06. The number of piperidine rings is 1. The molecule has 7 heteroatoms. The molecule has 3 saturated carbocycles. The first-order valence-electron chi connectivity index (χ1n) is 15.0. The molecular formula is C31H52N2O5. The van der Waals surface area contributed by atoms with Crippen molar-refractivity contribution in [2.45, 2.75) is 99.2 Å². The second-order valence-corrected chi connectivity index (χ2v) is 14.2. The lowest BCUT2D eigenvalue weighted by Gasteiger charge is -2.62. The number of amides is 2. The second kappa shape index (κ2) is 10.5. The molecule has 1 aliphatic heterocycles. The van der Waals surface area contributed by atoms with E-state index in [-0.39, 0.29) is 64.1 Å². The SMILES string of the molecule is CO[C@@H]1CCC23CC[C@@H](C)[C@](C)(C12)[C@H](OC(=O)NC(=O)[C@H]1CN(C)CC[C@@H]1C)C[C@@](C)(C(C)C)C(=O)[C@@H]3C. The second-order valence-electron chi connectivity index (χ2n) is 14.2. The monoisotopic (exact) mass is 532 g/mol. The van der Waals surface area contributed by atoms with Gasteiger partial charge in [0.2, 0.25) is 5.91 Å². The van der Waals surface area contributed by atoms with Gasteiger partial charge in [-0.15, -0.1) is 0 Å². The maximum absolute atomic E-state index is 14.3. The number of alkyl carbamates (subject to hydrolysis) is 1. The Bertz CT molecular complexity index is 937. The van der Waals surface area contributed by atoms with Gasteiger partial charge in [0.25, 0.3) is 0 Å². The van der Waals surface area contributed by atoms with Gasteiger partial charge in [0.05, 0.1) is 12.0 Å². The van der Waals surface area contributed by atoms with E-state index < -0.39 is 17.6 Å². The quantitative estimate of drug-likeness (QED) is 0.528. The van der Waals surface area contributed by atoms with E-state index in [1.165, 1.54) is 0 Å². The zero-order valence-electron chi connectivity index (χ0n) is 25.3. The fraction of sp³-hybridized carbons (Fsp3) is 0.903. The van der Waals surface area contributed by atoms with Gasteiger partial charge in [-0.2, -0.15) is 0 Å². The summed E-state index contributed by atoms with van der Waals surface area (Å²) < 4.78 is 12.4. The van der Waals surface area contributed by atoms with Crippen LogP contribution in [0.15, 0.2) is 0 Å². The third kappa shape index (κ3) is 4.53. The Morgan fingerprint density at radius 1 is 1.08 bits per heavy atom. The summed E-state index contributed by atoms with van der Waals surface area (Å²) in [7, 11) is 3.79. The zero-order chi connectivity index (χ0) is 28.2. The highest BCUT2D eigenvalue weighted by atomic mass is 16.6. The Kier molecular flexibility index (Phi) is 8.15. The molecule has 1 heterocycles. The van der Waals surface area contributed by atoms with Crippen molar-refractivity contribution in [1.82, 2.24) is 10.2 Å². The highest BCUT2D eigenvalue weighted by molar-refractivity contribution is 5.93. The molecule has 1 saturated heterocycles. The standard InChI is InChI=1S/C31H52N2O5/c1-18(2)29(6)16-24(38-28(36)32-27(35)22-17-33(8)15-12-19(22)3)30(7)20(4)10-13-31(21(5)26(29)34)14-11-23(37-9)25(30)31/h18-25H,10-17H2,1-9H3,(H,32,35,36)/t19-,20+,21-,22-,23+,24+,25?,29-,30-,31?/m0/s1. The van der Waals surface area contributed by atoms with Crippen molar-refractivity contribution in [3.63, 3.8) is 0 Å². The van der Waals surface area contributed by atoms with Crippen molar-refractivity contribution in [3.8, 4) is 0 Å². The van der Waals surface area contributed by atoms with Gasteiger partial charge >= 0.3 is 6.09 Å². The van der Waals surface area contributed by atoms with Crippen molar-refractivity contribution in [2.75, 3.05) is 27.2 Å². The van der Waals surface area contributed by atoms with Crippen molar-refractivity contribution < 1.29 is 23.9 Å². The van der Waals surface area contributed by atoms with Crippen LogP contribution >= 0.6 is 0 Å². The van der Waals surface area contributed by atoms with Crippen LogP contribution in [0.4, 0.5) is 4.79 Å². The van der Waals surface area contributed by atoms with Crippen LogP contribution in [0.25, 0.3) is 0 Å². The number of carbonyl (C=O) groups is 3. The van der Waals surface area contributed by atoms with Crippen LogP contribution < -0.4 is 5.32 Å². The van der Waals surface area contributed by atoms with Gasteiger partial charge < -0.3 is 14.4 Å². The molecule has 3 aliphatic carbocycles. The Balaban J connectivity index is 1.70. The molecule has 38 heavy (non-hydrogen) atoms. The van der Waals surface area contributed by atoms with E-state index in [0.717, 1.165) is 38.6 Å². The minimum absolute atomic E-state index is 0.0239. The first kappa shape index (κ1) is 29.5. The molecule has 0 spiro atoms.